The molecule has 24 heavy (non-hydrogen) atoms. The van der Waals surface area contributed by atoms with Crippen molar-refractivity contribution in [1.29, 1.82) is 0 Å². The van der Waals surface area contributed by atoms with Crippen LogP contribution in [0.3, 0.4) is 0 Å². The zero-order valence-corrected chi connectivity index (χ0v) is 13.4. The molecule has 0 amide bonds. The number of carboxylic acids is 1. The zero-order chi connectivity index (χ0) is 17.1. The molecule has 2 atom stereocenters. The van der Waals surface area contributed by atoms with Gasteiger partial charge in [0, 0.05) is 5.56 Å². The lowest BCUT2D eigenvalue weighted by Crippen LogP contribution is -2.39. The molecule has 0 fully saturated rings. The molecule has 3 rings (SSSR count). The highest BCUT2D eigenvalue weighted by Gasteiger charge is 2.38. The van der Waals surface area contributed by atoms with Gasteiger partial charge in [-0.25, -0.2) is 4.79 Å². The van der Waals surface area contributed by atoms with Crippen molar-refractivity contribution < 1.29 is 28.8 Å². The first-order valence-corrected chi connectivity index (χ1v) is 7.60. The van der Waals surface area contributed by atoms with Crippen molar-refractivity contribution in [3.8, 4) is 23.0 Å². The minimum atomic E-state index is -1.15. The molecule has 1 aliphatic rings. The molecule has 1 heterocycles. The molecule has 0 aliphatic carbocycles. The van der Waals surface area contributed by atoms with E-state index < -0.39 is 18.2 Å². The van der Waals surface area contributed by atoms with E-state index in [1.807, 2.05) is 6.92 Å². The van der Waals surface area contributed by atoms with E-state index in [1.54, 1.807) is 49.6 Å². The van der Waals surface area contributed by atoms with Crippen molar-refractivity contribution >= 4 is 5.97 Å². The summed E-state index contributed by atoms with van der Waals surface area (Å²) in [5.41, 5.74) is 0.640. The number of benzene rings is 2. The van der Waals surface area contributed by atoms with Crippen LogP contribution in [0.2, 0.25) is 0 Å². The normalized spacial score (nSPS) is 18.8. The molecule has 126 valence electrons. The minimum absolute atomic E-state index is 0.416. The number of carboxylic acid groups (broad SMARTS) is 1. The van der Waals surface area contributed by atoms with Gasteiger partial charge in [0.25, 0.3) is 0 Å². The summed E-state index contributed by atoms with van der Waals surface area (Å²) >= 11 is 0. The second-order valence-corrected chi connectivity index (χ2v) is 5.21. The third-order valence-electron chi connectivity index (χ3n) is 3.69. The second-order valence-electron chi connectivity index (χ2n) is 5.21. The van der Waals surface area contributed by atoms with E-state index in [2.05, 4.69) is 0 Å². The van der Waals surface area contributed by atoms with Gasteiger partial charge in [-0.05, 0) is 31.2 Å². The minimum Gasteiger partial charge on any atom is -0.493 e. The first-order chi connectivity index (χ1) is 11.6. The number of ether oxygens (including phenoxy) is 4. The van der Waals surface area contributed by atoms with Gasteiger partial charge in [0.2, 0.25) is 6.10 Å². The molecule has 0 bridgehead atoms. The molecule has 2 aromatic rings. The zero-order valence-electron chi connectivity index (χ0n) is 13.4. The highest BCUT2D eigenvalue weighted by Crippen LogP contribution is 2.41. The largest absolute Gasteiger partial charge is 0.493 e. The van der Waals surface area contributed by atoms with E-state index in [0.29, 0.717) is 35.2 Å². The van der Waals surface area contributed by atoms with E-state index in [9.17, 15) is 9.90 Å². The molecular formula is C18H18O6. The molecule has 2 unspecified atom stereocenters. The number of carbonyl (C=O) groups is 1. The van der Waals surface area contributed by atoms with Crippen molar-refractivity contribution in [2.75, 3.05) is 13.7 Å². The van der Waals surface area contributed by atoms with Crippen LogP contribution >= 0.6 is 0 Å². The lowest BCUT2D eigenvalue weighted by molar-refractivity contribution is -0.151. The molecule has 6 heteroatoms. The van der Waals surface area contributed by atoms with E-state index in [4.69, 9.17) is 18.9 Å². The number of hydrogen-bond donors (Lipinski definition) is 1. The Morgan fingerprint density at radius 2 is 1.83 bits per heavy atom. The number of methoxy groups -OCH3 is 1. The topological polar surface area (TPSA) is 74.2 Å². The fourth-order valence-corrected chi connectivity index (χ4v) is 2.60. The summed E-state index contributed by atoms with van der Waals surface area (Å²) in [7, 11) is 1.55. The van der Waals surface area contributed by atoms with Crippen LogP contribution in [0, 0.1) is 0 Å². The van der Waals surface area contributed by atoms with Crippen LogP contribution in [-0.2, 0) is 4.79 Å². The van der Waals surface area contributed by atoms with Gasteiger partial charge in [0.1, 0.15) is 0 Å². The van der Waals surface area contributed by atoms with Crippen LogP contribution < -0.4 is 18.9 Å². The Bertz CT molecular complexity index is 742. The van der Waals surface area contributed by atoms with Gasteiger partial charge in [0.15, 0.2) is 29.1 Å². The third kappa shape index (κ3) is 2.95. The second kappa shape index (κ2) is 6.70. The Hall–Kier alpha value is -2.89. The first-order valence-electron chi connectivity index (χ1n) is 7.60. The van der Waals surface area contributed by atoms with Gasteiger partial charge < -0.3 is 24.1 Å². The summed E-state index contributed by atoms with van der Waals surface area (Å²) in [6, 6.07) is 12.2. The number of fused-ring (bicyclic) bond motifs is 1. The highest BCUT2D eigenvalue weighted by atomic mass is 16.6. The van der Waals surface area contributed by atoms with Gasteiger partial charge in [-0.1, -0.05) is 18.2 Å². The Kier molecular flexibility index (Phi) is 4.46. The van der Waals surface area contributed by atoms with Crippen LogP contribution in [0.1, 0.15) is 18.6 Å². The Morgan fingerprint density at radius 3 is 2.46 bits per heavy atom. The third-order valence-corrected chi connectivity index (χ3v) is 3.69. The van der Waals surface area contributed by atoms with Gasteiger partial charge >= 0.3 is 5.97 Å². The van der Waals surface area contributed by atoms with E-state index in [0.717, 1.165) is 0 Å². The highest BCUT2D eigenvalue weighted by molar-refractivity contribution is 5.75. The molecule has 2 aromatic carbocycles. The van der Waals surface area contributed by atoms with Crippen molar-refractivity contribution in [1.82, 2.24) is 0 Å². The number of hydrogen-bond acceptors (Lipinski definition) is 5. The van der Waals surface area contributed by atoms with Gasteiger partial charge in [0.05, 0.1) is 13.7 Å². The molecule has 1 aliphatic heterocycles. The van der Waals surface area contributed by atoms with E-state index in [-0.39, 0.29) is 0 Å². The predicted octanol–water partition coefficient (Wildman–Crippen LogP) is 3.06. The maximum atomic E-state index is 11.6. The fourth-order valence-electron chi connectivity index (χ4n) is 2.60. The summed E-state index contributed by atoms with van der Waals surface area (Å²) in [6.45, 7) is 2.33. The summed E-state index contributed by atoms with van der Waals surface area (Å²) in [4.78, 5) is 11.6. The average molecular weight is 330 g/mol. The van der Waals surface area contributed by atoms with Gasteiger partial charge in [-0.2, -0.15) is 0 Å². The SMILES string of the molecule is CCOc1cc(C2Oc3ccccc3OC2C(=O)O)ccc1OC. The molecule has 0 spiro atoms. The van der Waals surface area contributed by atoms with E-state index in [1.165, 1.54) is 0 Å². The Balaban J connectivity index is 2.00. The van der Waals surface area contributed by atoms with Crippen molar-refractivity contribution in [2.24, 2.45) is 0 Å². The average Bonchev–Trinajstić information content (AvgIpc) is 2.60. The first kappa shape index (κ1) is 16.0. The molecule has 0 radical (unpaired) electrons. The summed E-state index contributed by atoms with van der Waals surface area (Å²) in [6.07, 6.45) is -1.94. The van der Waals surface area contributed by atoms with E-state index >= 15 is 0 Å². The standard InChI is InChI=1S/C18H18O6/c1-3-22-15-10-11(8-9-12(15)21-2)16-17(18(19)20)24-14-7-5-4-6-13(14)23-16/h4-10,16-17H,3H2,1-2H3,(H,19,20). The summed E-state index contributed by atoms with van der Waals surface area (Å²) in [5, 5.41) is 9.51. The molecular weight excluding hydrogens is 312 g/mol. The molecule has 0 saturated carbocycles. The van der Waals surface area contributed by atoms with Crippen LogP contribution in [0.5, 0.6) is 23.0 Å². The van der Waals surface area contributed by atoms with Gasteiger partial charge in [-0.3, -0.25) is 0 Å². The Morgan fingerprint density at radius 1 is 1.12 bits per heavy atom. The maximum absolute atomic E-state index is 11.6. The number of aliphatic carboxylic acids is 1. The summed E-state index contributed by atoms with van der Waals surface area (Å²) in [5.74, 6) is 0.936. The van der Waals surface area contributed by atoms with Gasteiger partial charge in [-0.15, -0.1) is 0 Å². The van der Waals surface area contributed by atoms with Crippen molar-refractivity contribution in [3.63, 3.8) is 0 Å². The molecule has 1 N–H and O–H groups in total. The quantitative estimate of drug-likeness (QED) is 0.908. The van der Waals surface area contributed by atoms with Crippen molar-refractivity contribution in [3.05, 3.63) is 48.0 Å². The fraction of sp³-hybridized carbons (Fsp3) is 0.278. The number of rotatable bonds is 5. The molecule has 6 nitrogen and oxygen atoms in total. The number of para-hydroxylation sites is 2. The lowest BCUT2D eigenvalue weighted by Gasteiger charge is -2.32. The Labute approximate surface area is 139 Å². The molecule has 0 aromatic heterocycles. The van der Waals surface area contributed by atoms with Crippen molar-refractivity contribution in [2.45, 2.75) is 19.1 Å². The smallest absolute Gasteiger partial charge is 0.349 e. The molecule has 0 saturated heterocycles. The summed E-state index contributed by atoms with van der Waals surface area (Å²) < 4.78 is 22.3. The predicted molar refractivity (Wildman–Crippen MR) is 86.0 cm³/mol. The van der Waals surface area contributed by atoms with Crippen LogP contribution in [0.15, 0.2) is 42.5 Å². The maximum Gasteiger partial charge on any atom is 0.349 e. The van der Waals surface area contributed by atoms with Crippen LogP contribution in [0.4, 0.5) is 0 Å². The monoisotopic (exact) mass is 330 g/mol. The van der Waals surface area contributed by atoms with Crippen LogP contribution in [-0.4, -0.2) is 30.9 Å². The van der Waals surface area contributed by atoms with Crippen LogP contribution in [0.25, 0.3) is 0 Å². The lowest BCUT2D eigenvalue weighted by atomic mass is 10.0.